The Bertz CT molecular complexity index is 712. The third-order valence-electron chi connectivity index (χ3n) is 3.66. The van der Waals surface area contributed by atoms with Crippen LogP contribution in [0.4, 0.5) is 0 Å². The molecule has 0 unspecified atom stereocenters. The van der Waals surface area contributed by atoms with Crippen molar-refractivity contribution >= 4 is 35.3 Å². The Labute approximate surface area is 131 Å². The summed E-state index contributed by atoms with van der Waals surface area (Å²) >= 11 is 1.44. The molecule has 0 N–H and O–H groups in total. The summed E-state index contributed by atoms with van der Waals surface area (Å²) < 4.78 is 9.48. The molecule has 0 spiro atoms. The summed E-state index contributed by atoms with van der Waals surface area (Å²) in [6.45, 7) is 0. The molecule has 1 aromatic rings. The van der Waals surface area contributed by atoms with Crippen LogP contribution < -0.4 is 0 Å². The number of carbonyl (C=O) groups is 3. The molecule has 1 aromatic carbocycles. The van der Waals surface area contributed by atoms with E-state index in [0.717, 1.165) is 0 Å². The van der Waals surface area contributed by atoms with Crippen molar-refractivity contribution in [2.24, 2.45) is 0 Å². The zero-order valence-electron chi connectivity index (χ0n) is 12.0. The molecule has 0 saturated carbocycles. The lowest BCUT2D eigenvalue weighted by atomic mass is 10.0. The van der Waals surface area contributed by atoms with Gasteiger partial charge in [-0.25, -0.2) is 9.59 Å². The Morgan fingerprint density at radius 2 is 2.00 bits per heavy atom. The molecule has 22 heavy (non-hydrogen) atoms. The van der Waals surface area contributed by atoms with Gasteiger partial charge in [0.05, 0.1) is 25.5 Å². The molecule has 1 amide bonds. The number of fused-ring (bicyclic) bond motifs is 3. The minimum atomic E-state index is -0.656. The van der Waals surface area contributed by atoms with Crippen LogP contribution in [0.25, 0.3) is 5.70 Å². The quantitative estimate of drug-likeness (QED) is 0.770. The third kappa shape index (κ3) is 2.09. The maximum absolute atomic E-state index is 12.6. The largest absolute Gasteiger partial charge is 0.467 e. The van der Waals surface area contributed by atoms with Crippen molar-refractivity contribution in [1.29, 1.82) is 0 Å². The Kier molecular flexibility index (Phi) is 3.66. The van der Waals surface area contributed by atoms with Gasteiger partial charge in [-0.1, -0.05) is 0 Å². The normalized spacial score (nSPS) is 19.2. The van der Waals surface area contributed by atoms with E-state index in [1.807, 2.05) is 5.41 Å². The lowest BCUT2D eigenvalue weighted by molar-refractivity contribution is -0.144. The molecule has 0 aromatic heterocycles. The van der Waals surface area contributed by atoms with Gasteiger partial charge in [0.25, 0.3) is 5.91 Å². The molecule has 2 aliphatic rings. The third-order valence-corrected chi connectivity index (χ3v) is 4.56. The summed E-state index contributed by atoms with van der Waals surface area (Å²) in [6, 6.07) is 4.09. The fourth-order valence-electron chi connectivity index (χ4n) is 2.59. The molecule has 0 bridgehead atoms. The van der Waals surface area contributed by atoms with Crippen molar-refractivity contribution in [2.45, 2.75) is 6.04 Å². The monoisotopic (exact) mass is 319 g/mol. The van der Waals surface area contributed by atoms with Gasteiger partial charge in [0.2, 0.25) is 0 Å². The molecule has 3 rings (SSSR count). The van der Waals surface area contributed by atoms with Crippen LogP contribution in [-0.4, -0.2) is 48.8 Å². The minimum absolute atomic E-state index is 0.256. The number of nitrogens with zero attached hydrogens (tertiary/aromatic N) is 1. The van der Waals surface area contributed by atoms with Crippen LogP contribution in [0.2, 0.25) is 0 Å². The van der Waals surface area contributed by atoms with Crippen molar-refractivity contribution in [3.05, 3.63) is 40.3 Å². The summed E-state index contributed by atoms with van der Waals surface area (Å²) in [5, 5.41) is 1.82. The number of amides is 1. The first-order chi connectivity index (χ1) is 10.6. The summed E-state index contributed by atoms with van der Waals surface area (Å²) in [7, 11) is 2.60. The lowest BCUT2D eigenvalue weighted by Gasteiger charge is -2.29. The predicted octanol–water partition coefficient (Wildman–Crippen LogP) is 1.52. The van der Waals surface area contributed by atoms with Crippen molar-refractivity contribution in [2.75, 3.05) is 20.0 Å². The van der Waals surface area contributed by atoms with E-state index in [9.17, 15) is 14.4 Å². The number of ether oxygens (including phenoxy) is 2. The predicted molar refractivity (Wildman–Crippen MR) is 80.2 cm³/mol. The SMILES string of the molecule is COC(=O)c1ccc2c(c1)C1=CSC[C@@H](C(=O)OC)N1C2=O. The number of carbonyl (C=O) groups excluding carboxylic acids is 3. The topological polar surface area (TPSA) is 72.9 Å². The molecule has 1 atom stereocenters. The van der Waals surface area contributed by atoms with E-state index in [1.54, 1.807) is 18.2 Å². The number of esters is 2. The summed E-state index contributed by atoms with van der Waals surface area (Å²) in [5.41, 5.74) is 2.09. The number of benzene rings is 1. The van der Waals surface area contributed by atoms with Gasteiger partial charge < -0.3 is 9.47 Å². The molecule has 2 heterocycles. The van der Waals surface area contributed by atoms with E-state index >= 15 is 0 Å². The fourth-order valence-corrected chi connectivity index (χ4v) is 3.55. The molecule has 2 aliphatic heterocycles. The number of methoxy groups -OCH3 is 2. The summed E-state index contributed by atoms with van der Waals surface area (Å²) in [4.78, 5) is 37.6. The van der Waals surface area contributed by atoms with E-state index in [-0.39, 0.29) is 5.91 Å². The Balaban J connectivity index is 2.07. The summed E-state index contributed by atoms with van der Waals surface area (Å²) in [5.74, 6) is -0.733. The van der Waals surface area contributed by atoms with Gasteiger partial charge in [0.1, 0.15) is 6.04 Å². The molecule has 0 aliphatic carbocycles. The van der Waals surface area contributed by atoms with E-state index < -0.39 is 18.0 Å². The van der Waals surface area contributed by atoms with Gasteiger partial charge >= 0.3 is 11.9 Å². The zero-order chi connectivity index (χ0) is 15.9. The van der Waals surface area contributed by atoms with Crippen LogP contribution in [0.3, 0.4) is 0 Å². The highest BCUT2D eigenvalue weighted by molar-refractivity contribution is 8.02. The van der Waals surface area contributed by atoms with Gasteiger partial charge in [-0.2, -0.15) is 0 Å². The van der Waals surface area contributed by atoms with Gasteiger partial charge in [-0.05, 0) is 23.6 Å². The van der Waals surface area contributed by atoms with Crippen molar-refractivity contribution in [1.82, 2.24) is 4.90 Å². The zero-order valence-corrected chi connectivity index (χ0v) is 12.8. The molecule has 0 radical (unpaired) electrons. The van der Waals surface area contributed by atoms with E-state index in [0.29, 0.717) is 28.1 Å². The molecule has 7 heteroatoms. The van der Waals surface area contributed by atoms with Gasteiger partial charge in [-0.15, -0.1) is 11.8 Å². The maximum Gasteiger partial charge on any atom is 0.337 e. The average Bonchev–Trinajstić information content (AvgIpc) is 2.86. The molecular weight excluding hydrogens is 306 g/mol. The maximum atomic E-state index is 12.6. The Morgan fingerprint density at radius 3 is 2.68 bits per heavy atom. The standard InChI is InChI=1S/C15H13NO5S/c1-20-14(18)8-3-4-9-10(5-8)11-6-22-7-12(15(19)21-2)16(11)13(9)17/h3-6,12H,7H2,1-2H3/t12-/m0/s1. The van der Waals surface area contributed by atoms with Crippen molar-refractivity contribution in [3.63, 3.8) is 0 Å². The molecular formula is C15H13NO5S. The Hall–Kier alpha value is -2.28. The van der Waals surface area contributed by atoms with Crippen LogP contribution in [0, 0.1) is 0 Å². The second-order valence-corrected chi connectivity index (χ2v) is 5.70. The second-order valence-electron chi connectivity index (χ2n) is 4.80. The lowest BCUT2D eigenvalue weighted by Crippen LogP contribution is -2.44. The summed E-state index contributed by atoms with van der Waals surface area (Å²) in [6.07, 6.45) is 0. The molecule has 0 fully saturated rings. The van der Waals surface area contributed by atoms with E-state index in [1.165, 1.54) is 30.9 Å². The van der Waals surface area contributed by atoms with Gasteiger partial charge in [-0.3, -0.25) is 9.69 Å². The van der Waals surface area contributed by atoms with Crippen LogP contribution in [0.1, 0.15) is 26.3 Å². The highest BCUT2D eigenvalue weighted by Crippen LogP contribution is 2.40. The number of hydrogen-bond acceptors (Lipinski definition) is 6. The fraction of sp³-hybridized carbons (Fsp3) is 0.267. The first-order valence-electron chi connectivity index (χ1n) is 6.54. The Morgan fingerprint density at radius 1 is 1.23 bits per heavy atom. The number of hydrogen-bond donors (Lipinski definition) is 0. The smallest absolute Gasteiger partial charge is 0.337 e. The average molecular weight is 319 g/mol. The highest BCUT2D eigenvalue weighted by atomic mass is 32.2. The second kappa shape index (κ2) is 5.49. The van der Waals surface area contributed by atoms with Crippen molar-refractivity contribution in [3.8, 4) is 0 Å². The molecule has 6 nitrogen and oxygen atoms in total. The van der Waals surface area contributed by atoms with Crippen LogP contribution in [0.15, 0.2) is 23.6 Å². The van der Waals surface area contributed by atoms with Crippen LogP contribution >= 0.6 is 11.8 Å². The number of rotatable bonds is 2. The first kappa shape index (κ1) is 14.6. The molecule has 114 valence electrons. The van der Waals surface area contributed by atoms with E-state index in [4.69, 9.17) is 9.47 Å². The van der Waals surface area contributed by atoms with Crippen molar-refractivity contribution < 1.29 is 23.9 Å². The first-order valence-corrected chi connectivity index (χ1v) is 7.59. The van der Waals surface area contributed by atoms with Crippen LogP contribution in [0.5, 0.6) is 0 Å². The molecule has 0 saturated heterocycles. The van der Waals surface area contributed by atoms with Gasteiger partial charge in [0.15, 0.2) is 0 Å². The van der Waals surface area contributed by atoms with E-state index in [2.05, 4.69) is 0 Å². The minimum Gasteiger partial charge on any atom is -0.467 e. The van der Waals surface area contributed by atoms with Crippen LogP contribution in [-0.2, 0) is 14.3 Å². The number of thioether (sulfide) groups is 1. The van der Waals surface area contributed by atoms with Gasteiger partial charge in [0, 0.05) is 16.9 Å². The highest BCUT2D eigenvalue weighted by Gasteiger charge is 2.42.